The molecule has 4 heteroatoms. The highest BCUT2D eigenvalue weighted by Gasteiger charge is 2.20. The summed E-state index contributed by atoms with van der Waals surface area (Å²) < 4.78 is 4.67. The molecule has 2 unspecified atom stereocenters. The van der Waals surface area contributed by atoms with E-state index in [1.165, 1.54) is 7.11 Å². The second kappa shape index (κ2) is 7.99. The molecule has 0 heterocycles. The Bertz CT molecular complexity index is 187. The van der Waals surface area contributed by atoms with Crippen molar-refractivity contribution >= 4 is 17.7 Å². The van der Waals surface area contributed by atoms with E-state index in [4.69, 9.17) is 0 Å². The maximum Gasteiger partial charge on any atom is 0.307 e. The number of esters is 1. The van der Waals surface area contributed by atoms with Crippen molar-refractivity contribution in [2.24, 2.45) is 0 Å². The molecule has 15 heavy (non-hydrogen) atoms. The monoisotopic (exact) mass is 233 g/mol. The summed E-state index contributed by atoms with van der Waals surface area (Å²) in [5, 5.41) is 0. The zero-order valence-corrected chi connectivity index (χ0v) is 11.3. The van der Waals surface area contributed by atoms with E-state index in [-0.39, 0.29) is 12.0 Å². The molecule has 0 aliphatic rings. The predicted octanol–water partition coefficient (Wildman–Crippen LogP) is 2.01. The van der Waals surface area contributed by atoms with Crippen LogP contribution in [0.25, 0.3) is 0 Å². The van der Waals surface area contributed by atoms with Crippen LogP contribution < -0.4 is 0 Å². The maximum absolute atomic E-state index is 11.1. The van der Waals surface area contributed by atoms with Gasteiger partial charge < -0.3 is 4.74 Å². The Morgan fingerprint density at radius 2 is 2.13 bits per heavy atom. The van der Waals surface area contributed by atoms with Gasteiger partial charge in [-0.25, -0.2) is 0 Å². The standard InChI is InChI=1S/C11H23NO2S/c1-6-10(8-15-5)12(3)9(2)7-11(13)14-4/h9-10H,6-8H2,1-5H3. The summed E-state index contributed by atoms with van der Waals surface area (Å²) in [5.41, 5.74) is 0. The first kappa shape index (κ1) is 14.8. The van der Waals surface area contributed by atoms with Crippen LogP contribution in [0.5, 0.6) is 0 Å². The van der Waals surface area contributed by atoms with Gasteiger partial charge in [0.25, 0.3) is 0 Å². The highest BCUT2D eigenvalue weighted by atomic mass is 32.2. The molecule has 0 saturated carbocycles. The van der Waals surface area contributed by atoms with Crippen LogP contribution in [-0.4, -0.2) is 49.1 Å². The largest absolute Gasteiger partial charge is 0.469 e. The van der Waals surface area contributed by atoms with Crippen LogP contribution in [-0.2, 0) is 9.53 Å². The van der Waals surface area contributed by atoms with Gasteiger partial charge in [0, 0.05) is 17.8 Å². The first-order chi connectivity index (χ1) is 7.06. The van der Waals surface area contributed by atoms with E-state index >= 15 is 0 Å². The SMILES string of the molecule is CCC(CSC)N(C)C(C)CC(=O)OC. The molecule has 0 spiro atoms. The first-order valence-corrected chi connectivity index (χ1v) is 6.73. The molecule has 3 nitrogen and oxygen atoms in total. The molecule has 0 amide bonds. The molecule has 0 aromatic carbocycles. The van der Waals surface area contributed by atoms with Gasteiger partial charge in [0.05, 0.1) is 13.5 Å². The van der Waals surface area contributed by atoms with E-state index in [1.54, 1.807) is 0 Å². The molecule has 0 radical (unpaired) electrons. The highest BCUT2D eigenvalue weighted by molar-refractivity contribution is 7.98. The van der Waals surface area contributed by atoms with Crippen LogP contribution in [0.2, 0.25) is 0 Å². The van der Waals surface area contributed by atoms with E-state index in [0.717, 1.165) is 12.2 Å². The van der Waals surface area contributed by atoms with Crippen molar-refractivity contribution in [1.82, 2.24) is 4.90 Å². The quantitative estimate of drug-likeness (QED) is 0.629. The van der Waals surface area contributed by atoms with Gasteiger partial charge in [0.15, 0.2) is 0 Å². The van der Waals surface area contributed by atoms with Crippen LogP contribution in [0.1, 0.15) is 26.7 Å². The van der Waals surface area contributed by atoms with Crippen molar-refractivity contribution in [3.05, 3.63) is 0 Å². The van der Waals surface area contributed by atoms with Crippen LogP contribution in [0.15, 0.2) is 0 Å². The Balaban J connectivity index is 4.14. The van der Waals surface area contributed by atoms with E-state index in [2.05, 4.69) is 36.8 Å². The number of carbonyl (C=O) groups excluding carboxylic acids is 1. The number of nitrogens with zero attached hydrogens (tertiary/aromatic N) is 1. The van der Waals surface area contributed by atoms with E-state index in [9.17, 15) is 4.79 Å². The lowest BCUT2D eigenvalue weighted by molar-refractivity contribution is -0.141. The minimum absolute atomic E-state index is 0.131. The van der Waals surface area contributed by atoms with Gasteiger partial charge in [-0.15, -0.1) is 0 Å². The fraction of sp³-hybridized carbons (Fsp3) is 0.909. The van der Waals surface area contributed by atoms with Crippen LogP contribution in [0.3, 0.4) is 0 Å². The van der Waals surface area contributed by atoms with Crippen molar-refractivity contribution in [1.29, 1.82) is 0 Å². The van der Waals surface area contributed by atoms with Crippen molar-refractivity contribution < 1.29 is 9.53 Å². The molecule has 0 fully saturated rings. The summed E-state index contributed by atoms with van der Waals surface area (Å²) in [6, 6.07) is 0.786. The lowest BCUT2D eigenvalue weighted by atomic mass is 10.1. The third kappa shape index (κ3) is 5.42. The molecule has 0 rings (SSSR count). The van der Waals surface area contributed by atoms with Crippen LogP contribution in [0.4, 0.5) is 0 Å². The summed E-state index contributed by atoms with van der Waals surface area (Å²) in [4.78, 5) is 13.4. The second-order valence-electron chi connectivity index (χ2n) is 3.81. The number of rotatable bonds is 7. The first-order valence-electron chi connectivity index (χ1n) is 5.34. The van der Waals surface area contributed by atoms with Crippen molar-refractivity contribution in [2.45, 2.75) is 38.8 Å². The van der Waals surface area contributed by atoms with Crippen molar-refractivity contribution in [3.8, 4) is 0 Å². The number of hydrogen-bond acceptors (Lipinski definition) is 4. The fourth-order valence-electron chi connectivity index (χ4n) is 1.54. The van der Waals surface area contributed by atoms with Gasteiger partial charge in [0.1, 0.15) is 0 Å². The summed E-state index contributed by atoms with van der Waals surface area (Å²) in [5.74, 6) is 0.978. The van der Waals surface area contributed by atoms with Crippen LogP contribution >= 0.6 is 11.8 Å². The molecule has 0 N–H and O–H groups in total. The van der Waals surface area contributed by atoms with E-state index < -0.39 is 0 Å². The fourth-order valence-corrected chi connectivity index (χ4v) is 2.40. The molecule has 0 aliphatic heterocycles. The smallest absolute Gasteiger partial charge is 0.307 e. The molecule has 0 aromatic rings. The van der Waals surface area contributed by atoms with Gasteiger partial charge in [0.2, 0.25) is 0 Å². The summed E-state index contributed by atoms with van der Waals surface area (Å²) >= 11 is 1.85. The number of carbonyl (C=O) groups is 1. The maximum atomic E-state index is 11.1. The van der Waals surface area contributed by atoms with E-state index in [0.29, 0.717) is 12.5 Å². The lowest BCUT2D eigenvalue weighted by Crippen LogP contribution is -2.41. The number of ether oxygens (including phenoxy) is 1. The summed E-state index contributed by atoms with van der Waals surface area (Å²) in [6.45, 7) is 4.25. The number of hydrogen-bond donors (Lipinski definition) is 0. The van der Waals surface area contributed by atoms with Crippen molar-refractivity contribution in [3.63, 3.8) is 0 Å². The Hall–Kier alpha value is -0.220. The molecule has 0 saturated heterocycles. The van der Waals surface area contributed by atoms with Gasteiger partial charge in [-0.1, -0.05) is 6.92 Å². The zero-order chi connectivity index (χ0) is 11.8. The Kier molecular flexibility index (Phi) is 7.88. The molecule has 0 bridgehead atoms. The van der Waals surface area contributed by atoms with Crippen LogP contribution in [0, 0.1) is 0 Å². The van der Waals surface area contributed by atoms with Gasteiger partial charge >= 0.3 is 5.97 Å². The minimum atomic E-state index is -0.131. The third-order valence-electron chi connectivity index (χ3n) is 2.79. The Morgan fingerprint density at radius 1 is 1.53 bits per heavy atom. The third-order valence-corrected chi connectivity index (χ3v) is 3.51. The average Bonchev–Trinajstić information content (AvgIpc) is 2.24. The normalized spacial score (nSPS) is 15.1. The molecular formula is C11H23NO2S. The predicted molar refractivity (Wildman–Crippen MR) is 66.3 cm³/mol. The Morgan fingerprint density at radius 3 is 2.53 bits per heavy atom. The summed E-state index contributed by atoms with van der Waals surface area (Å²) in [6.07, 6.45) is 3.70. The van der Waals surface area contributed by atoms with E-state index in [1.807, 2.05) is 11.8 Å². The second-order valence-corrected chi connectivity index (χ2v) is 4.72. The highest BCUT2D eigenvalue weighted by Crippen LogP contribution is 2.13. The molecule has 2 atom stereocenters. The van der Waals surface area contributed by atoms with Gasteiger partial charge in [-0.05, 0) is 26.6 Å². The lowest BCUT2D eigenvalue weighted by Gasteiger charge is -2.31. The molecule has 90 valence electrons. The topological polar surface area (TPSA) is 29.5 Å². The minimum Gasteiger partial charge on any atom is -0.469 e. The van der Waals surface area contributed by atoms with Crippen molar-refractivity contribution in [2.75, 3.05) is 26.2 Å². The average molecular weight is 233 g/mol. The Labute approximate surface area is 97.5 Å². The molecular weight excluding hydrogens is 210 g/mol. The number of thioether (sulfide) groups is 1. The zero-order valence-electron chi connectivity index (χ0n) is 10.4. The number of methoxy groups -OCH3 is 1. The van der Waals surface area contributed by atoms with Gasteiger partial charge in [-0.3, -0.25) is 9.69 Å². The summed E-state index contributed by atoms with van der Waals surface area (Å²) in [7, 11) is 3.52. The molecule has 0 aliphatic carbocycles. The van der Waals surface area contributed by atoms with Gasteiger partial charge in [-0.2, -0.15) is 11.8 Å². The molecule has 0 aromatic heterocycles.